The van der Waals surface area contributed by atoms with Crippen molar-refractivity contribution in [3.8, 4) is 5.75 Å². The molecule has 0 radical (unpaired) electrons. The number of fused-ring (bicyclic) bond motifs is 1. The maximum Gasteiger partial charge on any atom is 0.121 e. The molecule has 3 nitrogen and oxygen atoms in total. The molecule has 1 aromatic carbocycles. The number of aryl methyl sites for hydroxylation is 1. The van der Waals surface area contributed by atoms with Gasteiger partial charge in [0, 0.05) is 11.6 Å². The van der Waals surface area contributed by atoms with E-state index in [2.05, 4.69) is 0 Å². The molecule has 76 valence electrons. The Morgan fingerprint density at radius 1 is 1.43 bits per heavy atom. The molecule has 2 rings (SSSR count). The van der Waals surface area contributed by atoms with Crippen molar-refractivity contribution in [2.75, 3.05) is 0 Å². The molecule has 0 bridgehead atoms. The second-order valence-corrected chi connectivity index (χ2v) is 3.79. The molecule has 14 heavy (non-hydrogen) atoms. The average molecular weight is 193 g/mol. The van der Waals surface area contributed by atoms with Gasteiger partial charge in [-0.05, 0) is 36.5 Å². The number of aromatic hydroxyl groups is 1. The van der Waals surface area contributed by atoms with E-state index >= 15 is 0 Å². The monoisotopic (exact) mass is 193 g/mol. The quantitative estimate of drug-likeness (QED) is 0.628. The summed E-state index contributed by atoms with van der Waals surface area (Å²) in [6.45, 7) is -0.136. The minimum Gasteiger partial charge on any atom is -0.508 e. The maximum absolute atomic E-state index is 9.57. The van der Waals surface area contributed by atoms with Crippen molar-refractivity contribution in [3.05, 3.63) is 28.8 Å². The van der Waals surface area contributed by atoms with Crippen LogP contribution in [-0.2, 0) is 13.0 Å². The summed E-state index contributed by atoms with van der Waals surface area (Å²) in [5, 5.41) is 18.7. The Hall–Kier alpha value is -1.06. The van der Waals surface area contributed by atoms with Crippen LogP contribution >= 0.6 is 0 Å². The molecule has 0 unspecified atom stereocenters. The van der Waals surface area contributed by atoms with Crippen molar-refractivity contribution < 1.29 is 10.2 Å². The van der Waals surface area contributed by atoms with Gasteiger partial charge < -0.3 is 15.9 Å². The van der Waals surface area contributed by atoms with Crippen molar-refractivity contribution in [3.63, 3.8) is 0 Å². The van der Waals surface area contributed by atoms with Crippen LogP contribution in [0.15, 0.2) is 12.1 Å². The van der Waals surface area contributed by atoms with Crippen molar-refractivity contribution in [1.29, 1.82) is 0 Å². The van der Waals surface area contributed by atoms with Crippen LogP contribution in [0, 0.1) is 0 Å². The molecule has 0 amide bonds. The van der Waals surface area contributed by atoms with Crippen molar-refractivity contribution >= 4 is 0 Å². The molecule has 1 atom stereocenters. The summed E-state index contributed by atoms with van der Waals surface area (Å²) in [7, 11) is 0. The van der Waals surface area contributed by atoms with Crippen LogP contribution in [0.3, 0.4) is 0 Å². The zero-order valence-corrected chi connectivity index (χ0v) is 8.03. The van der Waals surface area contributed by atoms with E-state index in [0.29, 0.717) is 5.56 Å². The summed E-state index contributed by atoms with van der Waals surface area (Å²) >= 11 is 0. The number of hydrogen-bond acceptors (Lipinski definition) is 3. The van der Waals surface area contributed by atoms with E-state index in [4.69, 9.17) is 5.73 Å². The van der Waals surface area contributed by atoms with Gasteiger partial charge in [0.15, 0.2) is 0 Å². The van der Waals surface area contributed by atoms with E-state index < -0.39 is 0 Å². The van der Waals surface area contributed by atoms with Crippen LogP contribution in [-0.4, -0.2) is 10.2 Å². The summed E-state index contributed by atoms with van der Waals surface area (Å²) in [5.74, 6) is 0.156. The average Bonchev–Trinajstić information content (AvgIpc) is 2.19. The summed E-state index contributed by atoms with van der Waals surface area (Å²) in [5.41, 5.74) is 8.70. The van der Waals surface area contributed by atoms with Gasteiger partial charge in [0.25, 0.3) is 0 Å². The molecular weight excluding hydrogens is 178 g/mol. The molecule has 0 spiro atoms. The van der Waals surface area contributed by atoms with Crippen LogP contribution < -0.4 is 5.73 Å². The number of rotatable bonds is 1. The molecule has 0 saturated heterocycles. The number of aliphatic hydroxyl groups excluding tert-OH is 1. The highest BCUT2D eigenvalue weighted by molar-refractivity contribution is 5.46. The molecule has 0 aromatic heterocycles. The first-order valence-electron chi connectivity index (χ1n) is 4.94. The fourth-order valence-electron chi connectivity index (χ4n) is 2.20. The van der Waals surface area contributed by atoms with Gasteiger partial charge in [0.05, 0.1) is 6.61 Å². The van der Waals surface area contributed by atoms with E-state index in [-0.39, 0.29) is 18.4 Å². The standard InChI is InChI=1S/C11H15NO2/c12-9-3-1-2-7-4-5-10(14)8(6-13)11(7)9/h4-5,9,13-14H,1-3,6,12H2/t9-/m1/s1. The molecule has 0 saturated carbocycles. The summed E-state index contributed by atoms with van der Waals surface area (Å²) in [4.78, 5) is 0. The molecular formula is C11H15NO2. The van der Waals surface area contributed by atoms with E-state index in [1.165, 1.54) is 5.56 Å². The zero-order chi connectivity index (χ0) is 10.1. The first-order valence-corrected chi connectivity index (χ1v) is 4.94. The lowest BCUT2D eigenvalue weighted by Crippen LogP contribution is -2.19. The Morgan fingerprint density at radius 2 is 2.21 bits per heavy atom. The smallest absolute Gasteiger partial charge is 0.121 e. The van der Waals surface area contributed by atoms with Crippen molar-refractivity contribution in [1.82, 2.24) is 0 Å². The maximum atomic E-state index is 9.57. The van der Waals surface area contributed by atoms with Crippen LogP contribution in [0.2, 0.25) is 0 Å². The minimum absolute atomic E-state index is 0.0343. The fourth-order valence-corrected chi connectivity index (χ4v) is 2.20. The normalized spacial score (nSPS) is 20.6. The molecule has 1 aromatic rings. The number of phenols is 1. The SMILES string of the molecule is N[C@@H]1CCCc2ccc(O)c(CO)c21. The van der Waals surface area contributed by atoms with Crippen LogP contribution in [0.5, 0.6) is 5.75 Å². The predicted octanol–water partition coefficient (Wildman–Crippen LogP) is 1.22. The fraction of sp³-hybridized carbons (Fsp3) is 0.455. The highest BCUT2D eigenvalue weighted by Gasteiger charge is 2.21. The second kappa shape index (κ2) is 3.59. The van der Waals surface area contributed by atoms with Gasteiger partial charge in [0.1, 0.15) is 5.75 Å². The number of benzene rings is 1. The lowest BCUT2D eigenvalue weighted by atomic mass is 9.85. The van der Waals surface area contributed by atoms with Crippen LogP contribution in [0.25, 0.3) is 0 Å². The molecule has 1 aliphatic carbocycles. The summed E-state index contributed by atoms with van der Waals surface area (Å²) in [6, 6.07) is 3.51. The zero-order valence-electron chi connectivity index (χ0n) is 8.03. The van der Waals surface area contributed by atoms with Gasteiger partial charge in [0.2, 0.25) is 0 Å². The largest absolute Gasteiger partial charge is 0.508 e. The third-order valence-electron chi connectivity index (χ3n) is 2.91. The first-order chi connectivity index (χ1) is 6.74. The Labute approximate surface area is 83.2 Å². The Bertz CT molecular complexity index is 349. The lowest BCUT2D eigenvalue weighted by molar-refractivity contribution is 0.272. The van der Waals surface area contributed by atoms with Gasteiger partial charge in [-0.2, -0.15) is 0 Å². The highest BCUT2D eigenvalue weighted by atomic mass is 16.3. The molecule has 0 heterocycles. The van der Waals surface area contributed by atoms with Gasteiger partial charge >= 0.3 is 0 Å². The van der Waals surface area contributed by atoms with Gasteiger partial charge in [-0.25, -0.2) is 0 Å². The molecule has 0 fully saturated rings. The second-order valence-electron chi connectivity index (χ2n) is 3.79. The Kier molecular flexibility index (Phi) is 2.44. The summed E-state index contributed by atoms with van der Waals surface area (Å²) < 4.78 is 0. The first kappa shape index (κ1) is 9.49. The Morgan fingerprint density at radius 3 is 2.93 bits per heavy atom. The Balaban J connectivity index is 2.57. The summed E-state index contributed by atoms with van der Waals surface area (Å²) in [6.07, 6.45) is 3.02. The highest BCUT2D eigenvalue weighted by Crippen LogP contribution is 2.34. The predicted molar refractivity (Wildman–Crippen MR) is 53.9 cm³/mol. The topological polar surface area (TPSA) is 66.5 Å². The van der Waals surface area contributed by atoms with Crippen LogP contribution in [0.1, 0.15) is 35.6 Å². The lowest BCUT2D eigenvalue weighted by Gasteiger charge is -2.25. The van der Waals surface area contributed by atoms with Gasteiger partial charge in [-0.3, -0.25) is 0 Å². The number of aliphatic hydroxyl groups is 1. The van der Waals surface area contributed by atoms with E-state index in [1.54, 1.807) is 6.07 Å². The third kappa shape index (κ3) is 1.38. The molecule has 0 aliphatic heterocycles. The molecule has 4 N–H and O–H groups in total. The van der Waals surface area contributed by atoms with Crippen molar-refractivity contribution in [2.45, 2.75) is 31.9 Å². The van der Waals surface area contributed by atoms with Crippen LogP contribution in [0.4, 0.5) is 0 Å². The van der Waals surface area contributed by atoms with E-state index in [9.17, 15) is 10.2 Å². The molecule has 3 heteroatoms. The number of nitrogens with two attached hydrogens (primary N) is 1. The molecule has 1 aliphatic rings. The van der Waals surface area contributed by atoms with E-state index in [0.717, 1.165) is 24.8 Å². The minimum atomic E-state index is -0.136. The van der Waals surface area contributed by atoms with Gasteiger partial charge in [-0.1, -0.05) is 6.07 Å². The van der Waals surface area contributed by atoms with Crippen molar-refractivity contribution in [2.24, 2.45) is 5.73 Å². The van der Waals surface area contributed by atoms with E-state index in [1.807, 2.05) is 6.07 Å². The third-order valence-corrected chi connectivity index (χ3v) is 2.91. The number of hydrogen-bond donors (Lipinski definition) is 3. The van der Waals surface area contributed by atoms with Gasteiger partial charge in [-0.15, -0.1) is 0 Å².